The zero-order chi connectivity index (χ0) is 13.0. The Morgan fingerprint density at radius 2 is 1.94 bits per heavy atom. The molecular weight excluding hydrogens is 248 g/mol. The quantitative estimate of drug-likeness (QED) is 0.775. The number of rotatable bonds is 5. The second-order valence-corrected chi connectivity index (χ2v) is 4.52. The third-order valence-corrected chi connectivity index (χ3v) is 3.38. The highest BCUT2D eigenvalue weighted by atomic mass is 32.1. The molecule has 0 saturated carbocycles. The van der Waals surface area contributed by atoms with Crippen molar-refractivity contribution in [3.05, 3.63) is 46.2 Å². The number of hydrogen-bond acceptors (Lipinski definition) is 4. The summed E-state index contributed by atoms with van der Waals surface area (Å²) in [6, 6.07) is 8.94. The minimum Gasteiger partial charge on any atom is -0.495 e. The van der Waals surface area contributed by atoms with Crippen molar-refractivity contribution in [1.29, 1.82) is 0 Å². The van der Waals surface area contributed by atoms with E-state index in [4.69, 9.17) is 9.47 Å². The first-order valence-electron chi connectivity index (χ1n) is 5.65. The molecule has 0 spiro atoms. The molecule has 0 saturated heterocycles. The predicted molar refractivity (Wildman–Crippen MR) is 71.9 cm³/mol. The molecule has 4 heteroatoms. The summed E-state index contributed by atoms with van der Waals surface area (Å²) in [4.78, 5) is 12.9. The fourth-order valence-corrected chi connectivity index (χ4v) is 2.44. The van der Waals surface area contributed by atoms with E-state index >= 15 is 0 Å². The Morgan fingerprint density at radius 3 is 2.56 bits per heavy atom. The lowest BCUT2D eigenvalue weighted by Crippen LogP contribution is -2.01. The van der Waals surface area contributed by atoms with Gasteiger partial charge in [-0.2, -0.15) is 0 Å². The lowest BCUT2D eigenvalue weighted by atomic mass is 10.1. The number of ketones is 1. The van der Waals surface area contributed by atoms with Gasteiger partial charge in [-0.3, -0.25) is 4.79 Å². The van der Waals surface area contributed by atoms with Crippen LogP contribution in [0, 0.1) is 0 Å². The van der Waals surface area contributed by atoms with Crippen LogP contribution >= 0.6 is 11.3 Å². The lowest BCUT2D eigenvalue weighted by Gasteiger charge is -2.05. The summed E-state index contributed by atoms with van der Waals surface area (Å²) in [5.41, 5.74) is 0.638. The van der Waals surface area contributed by atoms with Gasteiger partial charge in [0.1, 0.15) is 16.4 Å². The fraction of sp³-hybridized carbons (Fsp3) is 0.214. The molecule has 1 aromatic heterocycles. The molecule has 0 aliphatic carbocycles. The van der Waals surface area contributed by atoms with Gasteiger partial charge in [0, 0.05) is 5.56 Å². The Labute approximate surface area is 110 Å². The summed E-state index contributed by atoms with van der Waals surface area (Å²) in [7, 11) is 1.57. The molecule has 0 aliphatic heterocycles. The van der Waals surface area contributed by atoms with E-state index in [-0.39, 0.29) is 5.78 Å². The smallest absolute Gasteiger partial charge is 0.206 e. The molecule has 0 amide bonds. The van der Waals surface area contributed by atoms with Gasteiger partial charge < -0.3 is 9.47 Å². The molecule has 94 valence electrons. The van der Waals surface area contributed by atoms with Crippen LogP contribution in [-0.4, -0.2) is 19.5 Å². The van der Waals surface area contributed by atoms with Gasteiger partial charge in [0.05, 0.1) is 13.7 Å². The Hall–Kier alpha value is -1.81. The van der Waals surface area contributed by atoms with Crippen molar-refractivity contribution in [2.75, 3.05) is 13.7 Å². The molecule has 0 unspecified atom stereocenters. The first kappa shape index (κ1) is 12.6. The van der Waals surface area contributed by atoms with Crippen molar-refractivity contribution in [3.8, 4) is 11.5 Å². The standard InChI is InChI=1S/C14H14O3S/c1-3-17-11-6-4-10(5-7-11)13(15)14-12(16-2)8-9-18-14/h4-9H,3H2,1-2H3. The third-order valence-electron chi connectivity index (χ3n) is 2.48. The molecule has 1 heterocycles. The monoisotopic (exact) mass is 262 g/mol. The highest BCUT2D eigenvalue weighted by Gasteiger charge is 2.15. The normalized spacial score (nSPS) is 10.1. The van der Waals surface area contributed by atoms with Crippen LogP contribution < -0.4 is 9.47 Å². The second kappa shape index (κ2) is 5.69. The van der Waals surface area contributed by atoms with E-state index in [1.165, 1.54) is 11.3 Å². The minimum absolute atomic E-state index is 0.0232. The van der Waals surface area contributed by atoms with Crippen molar-refractivity contribution in [2.45, 2.75) is 6.92 Å². The van der Waals surface area contributed by atoms with Crippen molar-refractivity contribution in [3.63, 3.8) is 0 Å². The maximum absolute atomic E-state index is 12.2. The Morgan fingerprint density at radius 1 is 1.22 bits per heavy atom. The molecule has 2 rings (SSSR count). The SMILES string of the molecule is CCOc1ccc(C(=O)c2sccc2OC)cc1. The van der Waals surface area contributed by atoms with Gasteiger partial charge >= 0.3 is 0 Å². The van der Waals surface area contributed by atoms with Gasteiger partial charge in [0.2, 0.25) is 5.78 Å². The average Bonchev–Trinajstić information content (AvgIpc) is 2.87. The van der Waals surface area contributed by atoms with Gasteiger partial charge in [0.25, 0.3) is 0 Å². The zero-order valence-electron chi connectivity index (χ0n) is 10.3. The number of benzene rings is 1. The molecule has 0 atom stereocenters. The van der Waals surface area contributed by atoms with E-state index in [1.54, 1.807) is 37.4 Å². The molecule has 3 nitrogen and oxygen atoms in total. The first-order chi connectivity index (χ1) is 8.76. The van der Waals surface area contributed by atoms with E-state index in [0.717, 1.165) is 5.75 Å². The molecule has 0 aliphatic rings. The van der Waals surface area contributed by atoms with E-state index < -0.39 is 0 Å². The summed E-state index contributed by atoms with van der Waals surface area (Å²) in [6.45, 7) is 2.54. The average molecular weight is 262 g/mol. The van der Waals surface area contributed by atoms with Crippen LogP contribution in [0.2, 0.25) is 0 Å². The van der Waals surface area contributed by atoms with Crippen LogP contribution in [0.15, 0.2) is 35.7 Å². The zero-order valence-corrected chi connectivity index (χ0v) is 11.1. The molecule has 1 aromatic carbocycles. The molecule has 0 fully saturated rings. The Bertz CT molecular complexity index is 528. The predicted octanol–water partition coefficient (Wildman–Crippen LogP) is 3.39. The fourth-order valence-electron chi connectivity index (χ4n) is 1.62. The Balaban J connectivity index is 2.23. The summed E-state index contributed by atoms with van der Waals surface area (Å²) in [5.74, 6) is 1.37. The molecule has 0 bridgehead atoms. The minimum atomic E-state index is -0.0232. The van der Waals surface area contributed by atoms with Crippen LogP contribution in [0.5, 0.6) is 11.5 Å². The number of thiophene rings is 1. The van der Waals surface area contributed by atoms with E-state index in [0.29, 0.717) is 22.8 Å². The third kappa shape index (κ3) is 2.54. The Kier molecular flexibility index (Phi) is 3.99. The lowest BCUT2D eigenvalue weighted by molar-refractivity contribution is 0.104. The molecular formula is C14H14O3S. The van der Waals surface area contributed by atoms with E-state index in [1.807, 2.05) is 12.3 Å². The van der Waals surface area contributed by atoms with E-state index in [2.05, 4.69) is 0 Å². The molecule has 18 heavy (non-hydrogen) atoms. The molecule has 0 radical (unpaired) electrons. The molecule has 0 N–H and O–H groups in total. The maximum Gasteiger partial charge on any atom is 0.206 e. The summed E-state index contributed by atoms with van der Waals surface area (Å²) in [6.07, 6.45) is 0. The van der Waals surface area contributed by atoms with Crippen molar-refractivity contribution < 1.29 is 14.3 Å². The summed E-state index contributed by atoms with van der Waals surface area (Å²) < 4.78 is 10.5. The van der Waals surface area contributed by atoms with Crippen LogP contribution in [0.25, 0.3) is 0 Å². The number of methoxy groups -OCH3 is 1. The number of ether oxygens (including phenoxy) is 2. The van der Waals surface area contributed by atoms with Crippen molar-refractivity contribution in [1.82, 2.24) is 0 Å². The number of carbonyl (C=O) groups is 1. The van der Waals surface area contributed by atoms with Crippen LogP contribution in [-0.2, 0) is 0 Å². The van der Waals surface area contributed by atoms with Crippen molar-refractivity contribution >= 4 is 17.1 Å². The van der Waals surface area contributed by atoms with Crippen LogP contribution in [0.3, 0.4) is 0 Å². The first-order valence-corrected chi connectivity index (χ1v) is 6.53. The largest absolute Gasteiger partial charge is 0.495 e. The number of carbonyl (C=O) groups excluding carboxylic acids is 1. The maximum atomic E-state index is 12.2. The van der Waals surface area contributed by atoms with Gasteiger partial charge in [-0.25, -0.2) is 0 Å². The molecule has 2 aromatic rings. The second-order valence-electron chi connectivity index (χ2n) is 3.60. The van der Waals surface area contributed by atoms with Crippen molar-refractivity contribution in [2.24, 2.45) is 0 Å². The summed E-state index contributed by atoms with van der Waals surface area (Å²) >= 11 is 1.39. The highest BCUT2D eigenvalue weighted by Crippen LogP contribution is 2.27. The van der Waals surface area contributed by atoms with Gasteiger partial charge in [-0.15, -0.1) is 11.3 Å². The summed E-state index contributed by atoms with van der Waals surface area (Å²) in [5, 5.41) is 1.85. The number of hydrogen-bond donors (Lipinski definition) is 0. The van der Waals surface area contributed by atoms with Gasteiger partial charge in [-0.1, -0.05) is 0 Å². The highest BCUT2D eigenvalue weighted by molar-refractivity contribution is 7.12. The van der Waals surface area contributed by atoms with E-state index in [9.17, 15) is 4.79 Å². The van der Waals surface area contributed by atoms with Gasteiger partial charge in [-0.05, 0) is 42.6 Å². The van der Waals surface area contributed by atoms with Crippen LogP contribution in [0.1, 0.15) is 22.2 Å². The van der Waals surface area contributed by atoms with Crippen LogP contribution in [0.4, 0.5) is 0 Å². The van der Waals surface area contributed by atoms with Gasteiger partial charge in [0.15, 0.2) is 0 Å². The topological polar surface area (TPSA) is 35.5 Å².